The van der Waals surface area contributed by atoms with E-state index in [4.69, 9.17) is 11.0 Å². The fourth-order valence-electron chi connectivity index (χ4n) is 1.43. The summed E-state index contributed by atoms with van der Waals surface area (Å²) >= 11 is 0. The topological polar surface area (TPSA) is 133 Å². The van der Waals surface area contributed by atoms with Gasteiger partial charge in [0, 0.05) is 26.3 Å². The van der Waals surface area contributed by atoms with Crippen molar-refractivity contribution < 1.29 is 16.8 Å². The molecule has 21 heavy (non-hydrogen) atoms. The predicted octanol–water partition coefficient (Wildman–Crippen LogP) is -0.690. The highest BCUT2D eigenvalue weighted by Crippen LogP contribution is 2.17. The Labute approximate surface area is 124 Å². The van der Waals surface area contributed by atoms with Crippen molar-refractivity contribution in [3.63, 3.8) is 0 Å². The summed E-state index contributed by atoms with van der Waals surface area (Å²) in [7, 11) is -4.77. The van der Waals surface area contributed by atoms with E-state index in [1.165, 1.54) is 32.3 Å². The van der Waals surface area contributed by atoms with E-state index in [1.807, 2.05) is 0 Å². The molecule has 0 aliphatic carbocycles. The Morgan fingerprint density at radius 2 is 1.90 bits per heavy atom. The van der Waals surface area contributed by atoms with E-state index >= 15 is 0 Å². The summed E-state index contributed by atoms with van der Waals surface area (Å²) in [5, 5.41) is 8.93. The van der Waals surface area contributed by atoms with Crippen LogP contribution in [0.4, 0.5) is 5.69 Å². The summed E-state index contributed by atoms with van der Waals surface area (Å²) in [5.74, 6) is -0.379. The molecule has 0 bridgehead atoms. The molecule has 0 heterocycles. The highest BCUT2D eigenvalue weighted by Gasteiger charge is 2.20. The van der Waals surface area contributed by atoms with Gasteiger partial charge in [-0.15, -0.1) is 0 Å². The third-order valence-corrected chi connectivity index (χ3v) is 5.97. The van der Waals surface area contributed by atoms with E-state index in [1.54, 1.807) is 6.07 Å². The molecular formula is C11H16N4O4S2. The van der Waals surface area contributed by atoms with E-state index < -0.39 is 20.0 Å². The lowest BCUT2D eigenvalue weighted by Crippen LogP contribution is -2.34. The van der Waals surface area contributed by atoms with Crippen LogP contribution in [0.1, 0.15) is 5.56 Å². The fourth-order valence-corrected chi connectivity index (χ4v) is 3.46. The molecule has 0 unspecified atom stereocenters. The minimum Gasteiger partial charge on any atom is -0.399 e. The van der Waals surface area contributed by atoms with E-state index in [0.29, 0.717) is 0 Å². The molecule has 0 spiro atoms. The highest BCUT2D eigenvalue weighted by molar-refractivity contribution is 7.90. The van der Waals surface area contributed by atoms with Gasteiger partial charge in [0.2, 0.25) is 20.0 Å². The summed E-state index contributed by atoms with van der Waals surface area (Å²) in [6.07, 6.45) is 0. The molecule has 0 aliphatic heterocycles. The van der Waals surface area contributed by atoms with Crippen LogP contribution in [0, 0.1) is 11.3 Å². The van der Waals surface area contributed by atoms with Crippen molar-refractivity contribution in [2.75, 3.05) is 32.1 Å². The first kappa shape index (κ1) is 17.4. The summed E-state index contributed by atoms with van der Waals surface area (Å²) < 4.78 is 50.4. The third kappa shape index (κ3) is 4.40. The summed E-state index contributed by atoms with van der Waals surface area (Å²) in [4.78, 5) is -0.235. The van der Waals surface area contributed by atoms with Crippen LogP contribution in [-0.4, -0.2) is 47.5 Å². The third-order valence-electron chi connectivity index (χ3n) is 2.62. The fraction of sp³-hybridized carbons (Fsp3) is 0.364. The molecule has 8 nitrogen and oxygen atoms in total. The van der Waals surface area contributed by atoms with Crippen LogP contribution < -0.4 is 10.5 Å². The Kier molecular flexibility index (Phi) is 5.30. The SMILES string of the molecule is CN(C)S(=O)(=O)CCNS(=O)(=O)c1ccc(N)cc1C#N. The number of hydrogen-bond donors (Lipinski definition) is 2. The Hall–Kier alpha value is -1.67. The van der Waals surface area contributed by atoms with Crippen molar-refractivity contribution in [2.24, 2.45) is 0 Å². The van der Waals surface area contributed by atoms with Gasteiger partial charge in [0.05, 0.1) is 16.2 Å². The van der Waals surface area contributed by atoms with Crippen LogP contribution in [-0.2, 0) is 20.0 Å². The molecule has 116 valence electrons. The predicted molar refractivity (Wildman–Crippen MR) is 78.2 cm³/mol. The maximum absolute atomic E-state index is 12.1. The minimum atomic E-state index is -3.98. The van der Waals surface area contributed by atoms with Gasteiger partial charge in [-0.3, -0.25) is 0 Å². The lowest BCUT2D eigenvalue weighted by atomic mass is 10.2. The van der Waals surface area contributed by atoms with E-state index in [2.05, 4.69) is 4.72 Å². The molecule has 10 heteroatoms. The van der Waals surface area contributed by atoms with Crippen molar-refractivity contribution in [3.05, 3.63) is 23.8 Å². The van der Waals surface area contributed by atoms with Crippen LogP contribution in [0.5, 0.6) is 0 Å². The number of nitrogen functional groups attached to an aromatic ring is 1. The Bertz CT molecular complexity index is 764. The Morgan fingerprint density at radius 3 is 2.43 bits per heavy atom. The number of hydrogen-bond acceptors (Lipinski definition) is 6. The van der Waals surface area contributed by atoms with Crippen molar-refractivity contribution >= 4 is 25.7 Å². The van der Waals surface area contributed by atoms with Gasteiger partial charge in [0.15, 0.2) is 0 Å². The molecule has 1 aromatic carbocycles. The molecule has 3 N–H and O–H groups in total. The molecule has 0 saturated heterocycles. The van der Waals surface area contributed by atoms with Gasteiger partial charge >= 0.3 is 0 Å². The number of benzene rings is 1. The first-order valence-electron chi connectivity index (χ1n) is 5.79. The van der Waals surface area contributed by atoms with Gasteiger partial charge in [-0.1, -0.05) is 0 Å². The zero-order valence-corrected chi connectivity index (χ0v) is 13.2. The number of nitrogens with zero attached hydrogens (tertiary/aromatic N) is 2. The van der Waals surface area contributed by atoms with E-state index in [-0.39, 0.29) is 28.4 Å². The zero-order chi connectivity index (χ0) is 16.3. The van der Waals surface area contributed by atoms with Crippen molar-refractivity contribution in [2.45, 2.75) is 4.90 Å². The molecule has 0 aromatic heterocycles. The lowest BCUT2D eigenvalue weighted by molar-refractivity contribution is 0.519. The monoisotopic (exact) mass is 332 g/mol. The normalized spacial score (nSPS) is 12.3. The lowest BCUT2D eigenvalue weighted by Gasteiger charge is -2.12. The number of anilines is 1. The molecule has 0 aliphatic rings. The Balaban J connectivity index is 2.92. The van der Waals surface area contributed by atoms with Gasteiger partial charge in [0.25, 0.3) is 0 Å². The summed E-state index contributed by atoms with van der Waals surface area (Å²) in [6, 6.07) is 5.54. The summed E-state index contributed by atoms with van der Waals surface area (Å²) in [5.41, 5.74) is 5.65. The van der Waals surface area contributed by atoms with Crippen LogP contribution in [0.3, 0.4) is 0 Å². The highest BCUT2D eigenvalue weighted by atomic mass is 32.2. The van der Waals surface area contributed by atoms with Gasteiger partial charge in [-0.05, 0) is 18.2 Å². The van der Waals surface area contributed by atoms with Crippen molar-refractivity contribution in [3.8, 4) is 6.07 Å². The standard InChI is InChI=1S/C11H16N4O4S2/c1-15(2)20(16,17)6-5-14-21(18,19)11-4-3-10(13)7-9(11)8-12/h3-4,7,14H,5-6,13H2,1-2H3. The first-order chi connectivity index (χ1) is 9.60. The molecule has 0 fully saturated rings. The van der Waals surface area contributed by atoms with Crippen LogP contribution in [0.15, 0.2) is 23.1 Å². The van der Waals surface area contributed by atoms with Gasteiger partial charge in [-0.25, -0.2) is 25.9 Å². The van der Waals surface area contributed by atoms with Crippen LogP contribution in [0.2, 0.25) is 0 Å². The number of rotatable bonds is 6. The van der Waals surface area contributed by atoms with Crippen LogP contribution >= 0.6 is 0 Å². The maximum Gasteiger partial charge on any atom is 0.241 e. The quantitative estimate of drug-likeness (QED) is 0.662. The average molecular weight is 332 g/mol. The number of sulfonamides is 2. The molecule has 0 atom stereocenters. The molecular weight excluding hydrogens is 316 g/mol. The second-order valence-corrected chi connectivity index (χ2v) is 8.40. The molecule has 0 amide bonds. The van der Waals surface area contributed by atoms with Crippen molar-refractivity contribution in [1.29, 1.82) is 5.26 Å². The van der Waals surface area contributed by atoms with E-state index in [9.17, 15) is 16.8 Å². The second kappa shape index (κ2) is 6.40. The molecule has 0 radical (unpaired) electrons. The number of nitrogens with one attached hydrogen (secondary N) is 1. The first-order valence-corrected chi connectivity index (χ1v) is 8.89. The minimum absolute atomic E-state index is 0.0991. The largest absolute Gasteiger partial charge is 0.399 e. The average Bonchev–Trinajstić information content (AvgIpc) is 2.37. The molecule has 0 saturated carbocycles. The van der Waals surface area contributed by atoms with E-state index in [0.717, 1.165) is 4.31 Å². The summed E-state index contributed by atoms with van der Waals surface area (Å²) in [6.45, 7) is -0.294. The maximum atomic E-state index is 12.1. The smallest absolute Gasteiger partial charge is 0.241 e. The number of nitrogens with two attached hydrogens (primary N) is 1. The molecule has 1 rings (SSSR count). The van der Waals surface area contributed by atoms with Gasteiger partial charge < -0.3 is 5.73 Å². The van der Waals surface area contributed by atoms with Crippen LogP contribution in [0.25, 0.3) is 0 Å². The molecule has 1 aromatic rings. The van der Waals surface area contributed by atoms with Gasteiger partial charge in [-0.2, -0.15) is 5.26 Å². The zero-order valence-electron chi connectivity index (χ0n) is 11.6. The van der Waals surface area contributed by atoms with Gasteiger partial charge in [0.1, 0.15) is 6.07 Å². The van der Waals surface area contributed by atoms with Crippen molar-refractivity contribution in [1.82, 2.24) is 9.03 Å². The number of nitriles is 1. The second-order valence-electron chi connectivity index (χ2n) is 4.36. The Morgan fingerprint density at radius 1 is 1.29 bits per heavy atom.